The van der Waals surface area contributed by atoms with Crippen LogP contribution in [0.4, 0.5) is 4.39 Å². The molecule has 2 heterocycles. The second-order valence-electron chi connectivity index (χ2n) is 5.67. The fourth-order valence-corrected chi connectivity index (χ4v) is 2.50. The summed E-state index contributed by atoms with van der Waals surface area (Å²) in [6, 6.07) is 8.82. The van der Waals surface area contributed by atoms with Gasteiger partial charge in [0.25, 0.3) is 0 Å². The molecule has 0 aliphatic carbocycles. The van der Waals surface area contributed by atoms with Crippen LogP contribution in [0, 0.1) is 5.82 Å². The first-order valence-electron chi connectivity index (χ1n) is 7.66. The summed E-state index contributed by atoms with van der Waals surface area (Å²) < 4.78 is 15.0. The van der Waals surface area contributed by atoms with E-state index in [-0.39, 0.29) is 17.9 Å². The number of rotatable bonds is 6. The molecule has 2 atom stereocenters. The van der Waals surface area contributed by atoms with Crippen molar-refractivity contribution in [2.75, 3.05) is 0 Å². The van der Waals surface area contributed by atoms with Crippen molar-refractivity contribution in [3.05, 3.63) is 60.3 Å². The monoisotopic (exact) mass is 313 g/mol. The van der Waals surface area contributed by atoms with Gasteiger partial charge in [-0.05, 0) is 44.2 Å². The normalized spacial score (nSPS) is 13.9. The summed E-state index contributed by atoms with van der Waals surface area (Å²) >= 11 is 0. The number of aromatic amines is 1. The molecule has 2 unspecified atom stereocenters. The zero-order valence-corrected chi connectivity index (χ0v) is 13.2. The summed E-state index contributed by atoms with van der Waals surface area (Å²) in [7, 11) is 0. The van der Waals surface area contributed by atoms with Crippen molar-refractivity contribution in [2.24, 2.45) is 0 Å². The van der Waals surface area contributed by atoms with E-state index in [4.69, 9.17) is 0 Å². The van der Waals surface area contributed by atoms with E-state index in [1.807, 2.05) is 16.9 Å². The molecule has 0 aliphatic heterocycles. The van der Waals surface area contributed by atoms with Crippen molar-refractivity contribution in [3.8, 4) is 11.3 Å². The van der Waals surface area contributed by atoms with E-state index in [9.17, 15) is 4.39 Å². The Morgan fingerprint density at radius 1 is 1.26 bits per heavy atom. The first kappa shape index (κ1) is 15.4. The van der Waals surface area contributed by atoms with Crippen LogP contribution in [0.15, 0.2) is 48.9 Å². The third-order valence-electron chi connectivity index (χ3n) is 4.13. The molecule has 2 aromatic heterocycles. The SMILES string of the molecule is CC(NCc1cn[nH]c1-c1ccc(F)cc1)C(C)n1cccn1. The van der Waals surface area contributed by atoms with Crippen LogP contribution in [0.5, 0.6) is 0 Å². The smallest absolute Gasteiger partial charge is 0.123 e. The molecule has 3 aromatic rings. The van der Waals surface area contributed by atoms with Gasteiger partial charge in [0.1, 0.15) is 5.82 Å². The fourth-order valence-electron chi connectivity index (χ4n) is 2.50. The molecule has 0 saturated carbocycles. The van der Waals surface area contributed by atoms with Crippen LogP contribution in [-0.4, -0.2) is 26.0 Å². The second kappa shape index (κ2) is 6.75. The number of H-pyrrole nitrogens is 1. The van der Waals surface area contributed by atoms with Gasteiger partial charge >= 0.3 is 0 Å². The van der Waals surface area contributed by atoms with Crippen LogP contribution in [0.3, 0.4) is 0 Å². The summed E-state index contributed by atoms with van der Waals surface area (Å²) in [5.74, 6) is -0.241. The quantitative estimate of drug-likeness (QED) is 0.735. The van der Waals surface area contributed by atoms with Crippen LogP contribution < -0.4 is 5.32 Å². The molecule has 23 heavy (non-hydrogen) atoms. The van der Waals surface area contributed by atoms with Gasteiger partial charge in [-0.3, -0.25) is 9.78 Å². The topological polar surface area (TPSA) is 58.5 Å². The molecule has 0 bridgehead atoms. The molecule has 0 saturated heterocycles. The zero-order valence-electron chi connectivity index (χ0n) is 13.2. The summed E-state index contributed by atoms with van der Waals surface area (Å²) in [6.07, 6.45) is 5.55. The highest BCUT2D eigenvalue weighted by molar-refractivity contribution is 5.62. The Kier molecular flexibility index (Phi) is 4.52. The Bertz CT molecular complexity index is 733. The predicted octanol–water partition coefficient (Wildman–Crippen LogP) is 3.15. The van der Waals surface area contributed by atoms with Crippen molar-refractivity contribution in [2.45, 2.75) is 32.5 Å². The first-order chi connectivity index (χ1) is 11.1. The minimum Gasteiger partial charge on any atom is -0.308 e. The van der Waals surface area contributed by atoms with Gasteiger partial charge in [0.2, 0.25) is 0 Å². The Labute approximate surface area is 134 Å². The number of benzene rings is 1. The van der Waals surface area contributed by atoms with Crippen molar-refractivity contribution in [1.29, 1.82) is 0 Å². The standard InChI is InChI=1S/C17H20FN5/c1-12(13(2)23-9-3-8-21-23)19-10-15-11-20-22-17(15)14-4-6-16(18)7-5-14/h3-9,11-13,19H,10H2,1-2H3,(H,20,22). The molecular weight excluding hydrogens is 293 g/mol. The van der Waals surface area contributed by atoms with Crippen LogP contribution in [0.2, 0.25) is 0 Å². The largest absolute Gasteiger partial charge is 0.308 e. The number of aromatic nitrogens is 4. The molecule has 0 aliphatic rings. The molecular formula is C17H20FN5. The molecule has 0 radical (unpaired) electrons. The summed E-state index contributed by atoms with van der Waals surface area (Å²) in [6.45, 7) is 4.93. The first-order valence-corrected chi connectivity index (χ1v) is 7.66. The van der Waals surface area contributed by atoms with Crippen LogP contribution in [0.1, 0.15) is 25.5 Å². The van der Waals surface area contributed by atoms with Crippen molar-refractivity contribution < 1.29 is 4.39 Å². The van der Waals surface area contributed by atoms with E-state index in [1.54, 1.807) is 24.5 Å². The Morgan fingerprint density at radius 2 is 2.04 bits per heavy atom. The molecule has 5 nitrogen and oxygen atoms in total. The Hall–Kier alpha value is -2.47. The maximum Gasteiger partial charge on any atom is 0.123 e. The Balaban J connectivity index is 1.67. The second-order valence-corrected chi connectivity index (χ2v) is 5.67. The number of hydrogen-bond acceptors (Lipinski definition) is 3. The van der Waals surface area contributed by atoms with Gasteiger partial charge in [-0.1, -0.05) is 0 Å². The molecule has 0 amide bonds. The number of hydrogen-bond donors (Lipinski definition) is 2. The average molecular weight is 313 g/mol. The zero-order chi connectivity index (χ0) is 16.2. The number of nitrogens with one attached hydrogen (secondary N) is 2. The van der Waals surface area contributed by atoms with Crippen molar-refractivity contribution >= 4 is 0 Å². The van der Waals surface area contributed by atoms with Crippen LogP contribution >= 0.6 is 0 Å². The minimum atomic E-state index is -0.241. The van der Waals surface area contributed by atoms with E-state index in [0.717, 1.165) is 16.8 Å². The lowest BCUT2D eigenvalue weighted by Crippen LogP contribution is -2.33. The molecule has 0 fully saturated rings. The van der Waals surface area contributed by atoms with Crippen LogP contribution in [-0.2, 0) is 6.54 Å². The van der Waals surface area contributed by atoms with Gasteiger partial charge < -0.3 is 5.32 Å². The lowest BCUT2D eigenvalue weighted by Gasteiger charge is -2.21. The van der Waals surface area contributed by atoms with Gasteiger partial charge in [-0.15, -0.1) is 0 Å². The highest BCUT2D eigenvalue weighted by Crippen LogP contribution is 2.21. The minimum absolute atomic E-state index is 0.241. The summed E-state index contributed by atoms with van der Waals surface area (Å²) in [4.78, 5) is 0. The molecule has 0 spiro atoms. The van der Waals surface area contributed by atoms with E-state index >= 15 is 0 Å². The van der Waals surface area contributed by atoms with Gasteiger partial charge in [-0.25, -0.2) is 4.39 Å². The molecule has 2 N–H and O–H groups in total. The van der Waals surface area contributed by atoms with E-state index in [2.05, 4.69) is 34.5 Å². The predicted molar refractivity (Wildman–Crippen MR) is 87.2 cm³/mol. The van der Waals surface area contributed by atoms with E-state index in [0.29, 0.717) is 6.54 Å². The molecule has 3 rings (SSSR count). The van der Waals surface area contributed by atoms with Gasteiger partial charge in [0, 0.05) is 36.1 Å². The molecule has 6 heteroatoms. The fraction of sp³-hybridized carbons (Fsp3) is 0.294. The lowest BCUT2D eigenvalue weighted by molar-refractivity contribution is 0.365. The highest BCUT2D eigenvalue weighted by Gasteiger charge is 2.15. The van der Waals surface area contributed by atoms with Crippen molar-refractivity contribution in [1.82, 2.24) is 25.3 Å². The number of nitrogens with zero attached hydrogens (tertiary/aromatic N) is 3. The maximum atomic E-state index is 13.1. The molecule has 1 aromatic carbocycles. The van der Waals surface area contributed by atoms with Crippen molar-refractivity contribution in [3.63, 3.8) is 0 Å². The van der Waals surface area contributed by atoms with E-state index < -0.39 is 0 Å². The maximum absolute atomic E-state index is 13.1. The van der Waals surface area contributed by atoms with Crippen LogP contribution in [0.25, 0.3) is 11.3 Å². The van der Waals surface area contributed by atoms with Gasteiger partial charge in [-0.2, -0.15) is 10.2 Å². The summed E-state index contributed by atoms with van der Waals surface area (Å²) in [5, 5.41) is 14.9. The molecule has 120 valence electrons. The summed E-state index contributed by atoms with van der Waals surface area (Å²) in [5.41, 5.74) is 2.89. The average Bonchev–Trinajstić information content (AvgIpc) is 3.24. The van der Waals surface area contributed by atoms with Gasteiger partial charge in [0.15, 0.2) is 0 Å². The number of halogens is 1. The highest BCUT2D eigenvalue weighted by atomic mass is 19.1. The van der Waals surface area contributed by atoms with E-state index in [1.165, 1.54) is 12.1 Å². The third-order valence-corrected chi connectivity index (χ3v) is 4.13. The third kappa shape index (κ3) is 3.48. The van der Waals surface area contributed by atoms with Gasteiger partial charge in [0.05, 0.1) is 17.9 Å². The Morgan fingerprint density at radius 3 is 2.74 bits per heavy atom. The lowest BCUT2D eigenvalue weighted by atomic mass is 10.1.